The van der Waals surface area contributed by atoms with Crippen LogP contribution in [0.25, 0.3) is 0 Å². The van der Waals surface area contributed by atoms with Crippen LogP contribution in [0.4, 0.5) is 0 Å². The van der Waals surface area contributed by atoms with Gasteiger partial charge in [0, 0.05) is 30.7 Å². The molecule has 3 rings (SSSR count). The average molecular weight is 420 g/mol. The molecule has 29 heavy (non-hydrogen) atoms. The zero-order valence-corrected chi connectivity index (χ0v) is 18.0. The third kappa shape index (κ3) is 5.46. The second-order valence-electron chi connectivity index (χ2n) is 7.76. The van der Waals surface area contributed by atoms with Crippen molar-refractivity contribution in [1.29, 1.82) is 0 Å². The molecule has 2 N–H and O–H groups in total. The number of hydrogen-bond acceptors (Lipinski definition) is 5. The van der Waals surface area contributed by atoms with Crippen molar-refractivity contribution in [2.75, 3.05) is 13.1 Å². The number of nitrogens with zero attached hydrogens (tertiary/aromatic N) is 1. The van der Waals surface area contributed by atoms with E-state index in [4.69, 9.17) is 4.42 Å². The number of carbonyl (C=O) groups is 1. The number of hydrogen-bond donors (Lipinski definition) is 2. The lowest BCUT2D eigenvalue weighted by Gasteiger charge is -2.34. The summed E-state index contributed by atoms with van der Waals surface area (Å²) in [6, 6.07) is 8.62. The Balaban J connectivity index is 1.67. The molecule has 2 aromatic rings. The lowest BCUT2D eigenvalue weighted by Crippen LogP contribution is -2.46. The van der Waals surface area contributed by atoms with E-state index in [1.165, 1.54) is 18.4 Å². The molecule has 0 bridgehead atoms. The van der Waals surface area contributed by atoms with E-state index in [1.54, 1.807) is 18.2 Å². The normalized spacial score (nSPS) is 16.3. The first-order valence-electron chi connectivity index (χ1n) is 9.94. The summed E-state index contributed by atoms with van der Waals surface area (Å²) in [5, 5.41) is 3.07. The van der Waals surface area contributed by atoms with Crippen LogP contribution >= 0.6 is 0 Å². The van der Waals surface area contributed by atoms with E-state index in [-0.39, 0.29) is 23.4 Å². The third-order valence-corrected chi connectivity index (χ3v) is 6.77. The molecule has 0 unspecified atom stereocenters. The Hall–Kier alpha value is -2.16. The molecule has 1 amide bonds. The van der Waals surface area contributed by atoms with Crippen LogP contribution in [0.1, 0.15) is 48.4 Å². The number of likely N-dealkylation sites (tertiary alicyclic amines) is 1. The van der Waals surface area contributed by atoms with E-state index in [2.05, 4.69) is 28.8 Å². The summed E-state index contributed by atoms with van der Waals surface area (Å²) >= 11 is 0. The molecule has 1 saturated heterocycles. The van der Waals surface area contributed by atoms with Crippen molar-refractivity contribution in [3.05, 3.63) is 53.5 Å². The number of rotatable bonds is 7. The molecule has 0 spiro atoms. The molecule has 1 aromatic carbocycles. The van der Waals surface area contributed by atoms with Crippen LogP contribution in [0.15, 0.2) is 45.9 Å². The Bertz CT molecular complexity index is 931. The number of benzene rings is 1. The second kappa shape index (κ2) is 9.11. The summed E-state index contributed by atoms with van der Waals surface area (Å²) in [6.45, 7) is 8.11. The molecule has 0 saturated carbocycles. The number of amides is 1. The zero-order valence-electron chi connectivity index (χ0n) is 17.1. The molecule has 1 aromatic heterocycles. The van der Waals surface area contributed by atoms with Crippen molar-refractivity contribution in [3.63, 3.8) is 0 Å². The predicted octanol–water partition coefficient (Wildman–Crippen LogP) is 2.67. The van der Waals surface area contributed by atoms with Crippen LogP contribution in [-0.4, -0.2) is 44.4 Å². The Morgan fingerprint density at radius 3 is 2.59 bits per heavy atom. The number of nitrogens with one attached hydrogen (secondary N) is 2. The van der Waals surface area contributed by atoms with E-state index >= 15 is 0 Å². The van der Waals surface area contributed by atoms with Gasteiger partial charge in [-0.25, -0.2) is 13.1 Å². The van der Waals surface area contributed by atoms with Gasteiger partial charge < -0.3 is 14.6 Å². The van der Waals surface area contributed by atoms with Crippen LogP contribution in [-0.2, 0) is 16.6 Å². The molecule has 0 aliphatic carbocycles. The van der Waals surface area contributed by atoms with E-state index in [0.29, 0.717) is 17.4 Å². The van der Waals surface area contributed by atoms with Crippen LogP contribution in [0.2, 0.25) is 0 Å². The highest BCUT2D eigenvalue weighted by Crippen LogP contribution is 2.18. The van der Waals surface area contributed by atoms with Gasteiger partial charge in [-0.05, 0) is 63.4 Å². The molecule has 2 heterocycles. The van der Waals surface area contributed by atoms with Gasteiger partial charge in [-0.3, -0.25) is 4.79 Å². The molecule has 1 fully saturated rings. The van der Waals surface area contributed by atoms with E-state index in [0.717, 1.165) is 31.5 Å². The maximum absolute atomic E-state index is 12.8. The van der Waals surface area contributed by atoms with Crippen LogP contribution < -0.4 is 10.0 Å². The molecular formula is C21H29N3O4S. The van der Waals surface area contributed by atoms with Crippen molar-refractivity contribution in [1.82, 2.24) is 14.9 Å². The minimum Gasteiger partial charge on any atom is -0.468 e. The number of sulfonamides is 1. The van der Waals surface area contributed by atoms with E-state index in [9.17, 15) is 13.2 Å². The molecule has 0 radical (unpaired) electrons. The monoisotopic (exact) mass is 419 g/mol. The fourth-order valence-corrected chi connectivity index (χ4v) is 4.52. The van der Waals surface area contributed by atoms with Gasteiger partial charge in [0.2, 0.25) is 10.0 Å². The van der Waals surface area contributed by atoms with Crippen molar-refractivity contribution < 1.29 is 17.6 Å². The van der Waals surface area contributed by atoms with Gasteiger partial charge in [0.15, 0.2) is 0 Å². The lowest BCUT2D eigenvalue weighted by molar-refractivity contribution is 0.0900. The maximum Gasteiger partial charge on any atom is 0.251 e. The van der Waals surface area contributed by atoms with Gasteiger partial charge in [0.1, 0.15) is 5.76 Å². The van der Waals surface area contributed by atoms with Crippen molar-refractivity contribution >= 4 is 15.9 Å². The molecule has 8 heteroatoms. The Morgan fingerprint density at radius 2 is 1.97 bits per heavy atom. The molecule has 158 valence electrons. The van der Waals surface area contributed by atoms with Crippen molar-refractivity contribution in [2.45, 2.75) is 57.1 Å². The summed E-state index contributed by atoms with van der Waals surface area (Å²) in [5.74, 6) is 0.292. The van der Waals surface area contributed by atoms with Crippen LogP contribution in [0.3, 0.4) is 0 Å². The molecule has 7 nitrogen and oxygen atoms in total. The fourth-order valence-electron chi connectivity index (χ4n) is 3.50. The van der Waals surface area contributed by atoms with E-state index in [1.807, 2.05) is 6.92 Å². The Labute approximate surface area is 172 Å². The summed E-state index contributed by atoms with van der Waals surface area (Å²) in [7, 11) is -3.76. The largest absolute Gasteiger partial charge is 0.468 e. The highest BCUT2D eigenvalue weighted by molar-refractivity contribution is 7.89. The third-order valence-electron chi connectivity index (χ3n) is 5.38. The van der Waals surface area contributed by atoms with Gasteiger partial charge in [-0.2, -0.15) is 0 Å². The number of aryl methyl sites for hydroxylation is 1. The summed E-state index contributed by atoms with van der Waals surface area (Å²) in [5.41, 5.74) is 1.13. The predicted molar refractivity (Wildman–Crippen MR) is 111 cm³/mol. The average Bonchev–Trinajstić information content (AvgIpc) is 3.21. The van der Waals surface area contributed by atoms with Gasteiger partial charge >= 0.3 is 0 Å². The lowest BCUT2D eigenvalue weighted by atomic mass is 10.0. The standard InChI is InChI=1S/C21H29N3O4S/c1-15(2)24-10-8-17(9-11-24)23-21(25)20-13-19(7-6-16(20)3)29(26,27)22-14-18-5-4-12-28-18/h4-7,12-13,15,17,22H,8-11,14H2,1-3H3,(H,23,25). The highest BCUT2D eigenvalue weighted by atomic mass is 32.2. The first-order valence-corrected chi connectivity index (χ1v) is 11.4. The smallest absolute Gasteiger partial charge is 0.251 e. The SMILES string of the molecule is Cc1ccc(S(=O)(=O)NCc2ccco2)cc1C(=O)NC1CCN(C(C)C)CC1. The molecule has 1 aliphatic heterocycles. The quantitative estimate of drug-likeness (QED) is 0.720. The summed E-state index contributed by atoms with van der Waals surface area (Å²) in [6.07, 6.45) is 3.28. The number of piperidine rings is 1. The molecule has 0 atom stereocenters. The van der Waals surface area contributed by atoms with E-state index < -0.39 is 10.0 Å². The van der Waals surface area contributed by atoms with Crippen molar-refractivity contribution in [2.24, 2.45) is 0 Å². The highest BCUT2D eigenvalue weighted by Gasteiger charge is 2.24. The maximum atomic E-state index is 12.8. The van der Waals surface area contributed by atoms with Gasteiger partial charge in [-0.1, -0.05) is 6.07 Å². The number of furan rings is 1. The van der Waals surface area contributed by atoms with Gasteiger partial charge in [0.05, 0.1) is 17.7 Å². The first kappa shape index (κ1) is 21.5. The Kier molecular flexibility index (Phi) is 6.77. The van der Waals surface area contributed by atoms with Crippen LogP contribution in [0, 0.1) is 6.92 Å². The summed E-state index contributed by atoms with van der Waals surface area (Å²) < 4.78 is 32.9. The molecule has 1 aliphatic rings. The fraction of sp³-hybridized carbons (Fsp3) is 0.476. The topological polar surface area (TPSA) is 91.6 Å². The minimum atomic E-state index is -3.76. The van der Waals surface area contributed by atoms with Crippen LogP contribution in [0.5, 0.6) is 0 Å². The first-order chi connectivity index (χ1) is 13.8. The number of carbonyl (C=O) groups excluding carboxylic acids is 1. The molecular weight excluding hydrogens is 390 g/mol. The Morgan fingerprint density at radius 1 is 1.24 bits per heavy atom. The summed E-state index contributed by atoms with van der Waals surface area (Å²) in [4.78, 5) is 15.3. The van der Waals surface area contributed by atoms with Gasteiger partial charge in [-0.15, -0.1) is 0 Å². The van der Waals surface area contributed by atoms with Crippen molar-refractivity contribution in [3.8, 4) is 0 Å². The zero-order chi connectivity index (χ0) is 21.0. The van der Waals surface area contributed by atoms with Gasteiger partial charge in [0.25, 0.3) is 5.91 Å². The second-order valence-corrected chi connectivity index (χ2v) is 9.53. The minimum absolute atomic E-state index is 0.0547.